The van der Waals surface area contributed by atoms with Gasteiger partial charge in [0, 0.05) is 6.92 Å². The van der Waals surface area contributed by atoms with E-state index in [4.69, 9.17) is 9.90 Å². The molecule has 1 radical (unpaired) electrons. The van der Waals surface area contributed by atoms with Crippen LogP contribution in [0, 0.1) is 6.92 Å². The summed E-state index contributed by atoms with van der Waals surface area (Å²) < 4.78 is 0. The van der Waals surface area contributed by atoms with Gasteiger partial charge in [-0.1, -0.05) is 13.8 Å². The minimum atomic E-state index is -0.833. The number of aliphatic carboxylic acids is 1. The second-order valence-electron chi connectivity index (χ2n) is 0.519. The molecule has 0 aromatic heterocycles. The second kappa shape index (κ2) is 8.82. The fourth-order valence-corrected chi connectivity index (χ4v) is 0. The molecule has 0 saturated heterocycles. The van der Waals surface area contributed by atoms with Crippen LogP contribution in [0.2, 0.25) is 0 Å². The monoisotopic (exact) mass is 89.1 g/mol. The molecule has 0 bridgehead atoms. The zero-order valence-electron chi connectivity index (χ0n) is 4.06. The fourth-order valence-electron chi connectivity index (χ4n) is 0. The van der Waals surface area contributed by atoms with Crippen molar-refractivity contribution >= 4 is 5.97 Å². The first-order chi connectivity index (χ1) is 2.73. The van der Waals surface area contributed by atoms with Crippen molar-refractivity contribution in [1.82, 2.24) is 0 Å². The summed E-state index contributed by atoms with van der Waals surface area (Å²) in [7, 11) is 0. The summed E-state index contributed by atoms with van der Waals surface area (Å²) in [6.07, 6.45) is 0. The first-order valence-electron chi connectivity index (χ1n) is 1.63. The summed E-state index contributed by atoms with van der Waals surface area (Å²) in [5.41, 5.74) is 0. The third-order valence-electron chi connectivity index (χ3n) is 0. The van der Waals surface area contributed by atoms with E-state index in [0.717, 1.165) is 6.92 Å². The highest BCUT2D eigenvalue weighted by Crippen LogP contribution is 1.42. The van der Waals surface area contributed by atoms with Crippen molar-refractivity contribution in [3.05, 3.63) is 6.92 Å². The number of carboxylic acids is 1. The minimum absolute atomic E-state index is 0.833. The molecule has 0 spiro atoms. The first kappa shape index (κ1) is 9.08. The maximum Gasteiger partial charge on any atom is 0.300 e. The Morgan fingerprint density at radius 2 is 1.67 bits per heavy atom. The molecule has 1 N–H and O–H groups in total. The Bertz CT molecular complexity index is 28.5. The van der Waals surface area contributed by atoms with Gasteiger partial charge in [0.2, 0.25) is 0 Å². The van der Waals surface area contributed by atoms with Crippen molar-refractivity contribution in [2.75, 3.05) is 0 Å². The second-order valence-corrected chi connectivity index (χ2v) is 0.519. The first-order valence-corrected chi connectivity index (χ1v) is 1.63. The zero-order valence-corrected chi connectivity index (χ0v) is 4.06. The third-order valence-corrected chi connectivity index (χ3v) is 0. The Hall–Kier alpha value is -0.530. The van der Waals surface area contributed by atoms with Gasteiger partial charge in [-0.2, -0.15) is 0 Å². The van der Waals surface area contributed by atoms with Crippen LogP contribution in [-0.4, -0.2) is 11.1 Å². The lowest BCUT2D eigenvalue weighted by atomic mass is 10.9. The Morgan fingerprint density at radius 3 is 1.67 bits per heavy atom. The lowest BCUT2D eigenvalue weighted by Gasteiger charge is -1.59. The van der Waals surface area contributed by atoms with E-state index >= 15 is 0 Å². The van der Waals surface area contributed by atoms with Crippen LogP contribution in [0.1, 0.15) is 13.8 Å². The molecule has 0 saturated carbocycles. The number of rotatable bonds is 0. The molecule has 0 atom stereocenters. The number of hydrogen-bond acceptors (Lipinski definition) is 1. The molecule has 0 fully saturated rings. The average Bonchev–Trinajstić information content (AvgIpc) is 1.41. The molecule has 0 rings (SSSR count). The van der Waals surface area contributed by atoms with E-state index in [-0.39, 0.29) is 0 Å². The fraction of sp³-hybridized carbons (Fsp3) is 0.500. The molecule has 37 valence electrons. The van der Waals surface area contributed by atoms with Gasteiger partial charge in [0.15, 0.2) is 0 Å². The highest BCUT2D eigenvalue weighted by atomic mass is 16.4. The quantitative estimate of drug-likeness (QED) is 0.479. The molecule has 0 aromatic carbocycles. The molecule has 0 unspecified atom stereocenters. The van der Waals surface area contributed by atoms with Crippen LogP contribution in [0.25, 0.3) is 0 Å². The van der Waals surface area contributed by atoms with Crippen molar-refractivity contribution in [3.8, 4) is 0 Å². The Morgan fingerprint density at radius 1 is 1.67 bits per heavy atom. The summed E-state index contributed by atoms with van der Waals surface area (Å²) >= 11 is 0. The van der Waals surface area contributed by atoms with Gasteiger partial charge in [0.05, 0.1) is 0 Å². The van der Waals surface area contributed by atoms with Gasteiger partial charge in [-0.3, -0.25) is 4.79 Å². The lowest BCUT2D eigenvalue weighted by molar-refractivity contribution is -0.134. The van der Waals surface area contributed by atoms with Gasteiger partial charge in [0.1, 0.15) is 0 Å². The van der Waals surface area contributed by atoms with E-state index in [1.165, 1.54) is 0 Å². The number of carboxylic acid groups (broad SMARTS) is 1. The normalized spacial score (nSPS) is 5.17. The highest BCUT2D eigenvalue weighted by molar-refractivity contribution is 5.62. The van der Waals surface area contributed by atoms with E-state index < -0.39 is 5.97 Å². The average molecular weight is 89.1 g/mol. The molecule has 0 aliphatic carbocycles. The van der Waals surface area contributed by atoms with Gasteiger partial charge < -0.3 is 5.11 Å². The molecule has 0 aliphatic heterocycles. The van der Waals surface area contributed by atoms with Crippen molar-refractivity contribution in [2.24, 2.45) is 0 Å². The minimum Gasteiger partial charge on any atom is -0.481 e. The van der Waals surface area contributed by atoms with Crippen molar-refractivity contribution in [1.29, 1.82) is 0 Å². The number of hydrogen-bond donors (Lipinski definition) is 1. The largest absolute Gasteiger partial charge is 0.481 e. The van der Waals surface area contributed by atoms with Crippen molar-refractivity contribution in [2.45, 2.75) is 13.8 Å². The topological polar surface area (TPSA) is 37.3 Å². The van der Waals surface area contributed by atoms with E-state index in [2.05, 4.69) is 6.92 Å². The van der Waals surface area contributed by atoms with Crippen LogP contribution in [0.3, 0.4) is 0 Å². The van der Waals surface area contributed by atoms with Crippen molar-refractivity contribution in [3.63, 3.8) is 0 Å². The Balaban J connectivity index is 0. The van der Waals surface area contributed by atoms with Crippen LogP contribution >= 0.6 is 0 Å². The van der Waals surface area contributed by atoms with Crippen LogP contribution in [0.15, 0.2) is 0 Å². The maximum absolute atomic E-state index is 9.00. The highest BCUT2D eigenvalue weighted by Gasteiger charge is 1.65. The summed E-state index contributed by atoms with van der Waals surface area (Å²) in [6, 6.07) is 0. The Labute approximate surface area is 37.8 Å². The standard InChI is InChI=1S/C2H4O2.C2H5/c1-2(3)4;1-2/h1H3,(H,3,4);1H2,2H3. The van der Waals surface area contributed by atoms with E-state index in [9.17, 15) is 0 Å². The smallest absolute Gasteiger partial charge is 0.300 e. The van der Waals surface area contributed by atoms with Crippen LogP contribution < -0.4 is 0 Å². The molecular weight excluding hydrogens is 80.0 g/mol. The Kier molecular flexibility index (Phi) is 13.3. The van der Waals surface area contributed by atoms with Gasteiger partial charge in [-0.25, -0.2) is 0 Å². The summed E-state index contributed by atoms with van der Waals surface area (Å²) in [6.45, 7) is 6.08. The van der Waals surface area contributed by atoms with Crippen LogP contribution in [0.5, 0.6) is 0 Å². The maximum atomic E-state index is 9.00. The predicted molar refractivity (Wildman–Crippen MR) is 24.3 cm³/mol. The zero-order chi connectivity index (χ0) is 5.58. The van der Waals surface area contributed by atoms with Crippen LogP contribution in [0.4, 0.5) is 0 Å². The van der Waals surface area contributed by atoms with Gasteiger partial charge >= 0.3 is 0 Å². The molecule has 0 amide bonds. The molecular formula is C4H9O2. The molecule has 2 heteroatoms. The van der Waals surface area contributed by atoms with E-state index in [1.54, 1.807) is 6.92 Å². The molecule has 0 aliphatic rings. The third kappa shape index (κ3) is 75.4. The van der Waals surface area contributed by atoms with Gasteiger partial charge in [-0.15, -0.1) is 0 Å². The summed E-state index contributed by atoms with van der Waals surface area (Å²) in [4.78, 5) is 9.00. The van der Waals surface area contributed by atoms with Gasteiger partial charge in [0.25, 0.3) is 5.97 Å². The summed E-state index contributed by atoms with van der Waals surface area (Å²) in [5, 5.41) is 7.42. The summed E-state index contributed by atoms with van der Waals surface area (Å²) in [5.74, 6) is -0.833. The molecule has 0 heterocycles. The molecule has 0 aromatic rings. The molecule has 6 heavy (non-hydrogen) atoms. The number of carbonyl (C=O) groups is 1. The predicted octanol–water partition coefficient (Wildman–Crippen LogP) is 0.931. The van der Waals surface area contributed by atoms with E-state index in [0.29, 0.717) is 0 Å². The van der Waals surface area contributed by atoms with E-state index in [1.807, 2.05) is 0 Å². The SMILES string of the molecule is CC(=O)O.[CH2]C. The van der Waals surface area contributed by atoms with Crippen molar-refractivity contribution < 1.29 is 9.90 Å². The lowest BCUT2D eigenvalue weighted by Crippen LogP contribution is -1.78. The van der Waals surface area contributed by atoms with Crippen LogP contribution in [-0.2, 0) is 4.79 Å². The molecule has 2 nitrogen and oxygen atoms in total. The van der Waals surface area contributed by atoms with Gasteiger partial charge in [-0.05, 0) is 0 Å².